The molecule has 0 heterocycles. The third-order valence-corrected chi connectivity index (χ3v) is 2.02. The summed E-state index contributed by atoms with van der Waals surface area (Å²) in [5.74, 6) is -2.36. The molecule has 0 aliphatic rings. The first-order valence-electron chi connectivity index (χ1n) is 5.06. The lowest BCUT2D eigenvalue weighted by molar-refractivity contribution is -0.139. The second-order valence-electron chi connectivity index (χ2n) is 3.34. The van der Waals surface area contributed by atoms with Gasteiger partial charge in [0.05, 0.1) is 0 Å². The largest absolute Gasteiger partial charge is 0.490 e. The summed E-state index contributed by atoms with van der Waals surface area (Å²) in [7, 11) is 0. The van der Waals surface area contributed by atoms with Crippen LogP contribution in [0.5, 0.6) is 5.75 Å². The van der Waals surface area contributed by atoms with Gasteiger partial charge < -0.3 is 14.9 Å². The number of aliphatic carboxylic acids is 2. The highest BCUT2D eigenvalue weighted by atomic mass is 16.5. The maximum absolute atomic E-state index is 10.7. The molecule has 0 radical (unpaired) electrons. The molecule has 0 saturated heterocycles. The van der Waals surface area contributed by atoms with E-state index in [1.54, 1.807) is 30.3 Å². The highest BCUT2D eigenvalue weighted by Gasteiger charge is 2.15. The van der Waals surface area contributed by atoms with Crippen LogP contribution in [0.1, 0.15) is 5.56 Å². The summed E-state index contributed by atoms with van der Waals surface area (Å²) in [6, 6.07) is 6.39. The topological polar surface area (TPSA) is 83.8 Å². The summed E-state index contributed by atoms with van der Waals surface area (Å²) in [5, 5.41) is 17.4. The van der Waals surface area contributed by atoms with Gasteiger partial charge >= 0.3 is 11.9 Å². The molecular weight excluding hydrogens is 236 g/mol. The fourth-order valence-electron chi connectivity index (χ4n) is 1.20. The first kappa shape index (κ1) is 13.5. The molecule has 0 atom stereocenters. The molecule has 94 valence electrons. The summed E-state index contributed by atoms with van der Waals surface area (Å²) in [4.78, 5) is 21.3. The first-order chi connectivity index (χ1) is 8.54. The Morgan fingerprint density at radius 2 is 1.72 bits per heavy atom. The van der Waals surface area contributed by atoms with Crippen molar-refractivity contribution in [2.24, 2.45) is 0 Å². The van der Waals surface area contributed by atoms with Gasteiger partial charge in [-0.05, 0) is 23.8 Å². The van der Waals surface area contributed by atoms with Crippen LogP contribution in [0.25, 0.3) is 6.08 Å². The van der Waals surface area contributed by atoms with E-state index < -0.39 is 17.5 Å². The van der Waals surface area contributed by atoms with E-state index in [0.29, 0.717) is 17.9 Å². The Bertz CT molecular complexity index is 469. The number of rotatable bonds is 6. The third-order valence-electron chi connectivity index (χ3n) is 2.02. The number of hydrogen-bond acceptors (Lipinski definition) is 3. The molecule has 1 aromatic carbocycles. The van der Waals surface area contributed by atoms with Gasteiger partial charge in [0.15, 0.2) is 0 Å². The molecule has 5 nitrogen and oxygen atoms in total. The van der Waals surface area contributed by atoms with Crippen molar-refractivity contribution in [2.45, 2.75) is 0 Å². The van der Waals surface area contributed by atoms with Crippen LogP contribution in [-0.2, 0) is 9.59 Å². The van der Waals surface area contributed by atoms with Crippen LogP contribution in [0.15, 0.2) is 42.5 Å². The number of benzene rings is 1. The van der Waals surface area contributed by atoms with E-state index in [4.69, 9.17) is 14.9 Å². The molecule has 0 unspecified atom stereocenters. The number of carboxylic acid groups (broad SMARTS) is 2. The molecule has 0 saturated carbocycles. The van der Waals surface area contributed by atoms with Gasteiger partial charge in [-0.15, -0.1) is 0 Å². The van der Waals surface area contributed by atoms with E-state index in [2.05, 4.69) is 6.58 Å². The predicted octanol–water partition coefficient (Wildman–Crippen LogP) is 1.80. The lowest BCUT2D eigenvalue weighted by atomic mass is 10.1. The zero-order valence-corrected chi connectivity index (χ0v) is 9.50. The summed E-state index contributed by atoms with van der Waals surface area (Å²) < 4.78 is 5.24. The van der Waals surface area contributed by atoms with Gasteiger partial charge in [0.2, 0.25) is 0 Å². The van der Waals surface area contributed by atoms with E-state index in [1.165, 1.54) is 0 Å². The van der Waals surface area contributed by atoms with Crippen LogP contribution in [0.3, 0.4) is 0 Å². The minimum absolute atomic E-state index is 0.366. The minimum atomic E-state index is -1.48. The van der Waals surface area contributed by atoms with Crippen molar-refractivity contribution in [3.8, 4) is 5.75 Å². The van der Waals surface area contributed by atoms with Crippen molar-refractivity contribution in [3.63, 3.8) is 0 Å². The second kappa shape index (κ2) is 6.24. The van der Waals surface area contributed by atoms with Gasteiger partial charge in [-0.25, -0.2) is 9.59 Å². The van der Waals surface area contributed by atoms with Crippen LogP contribution in [0.2, 0.25) is 0 Å². The van der Waals surface area contributed by atoms with Gasteiger partial charge in [0.25, 0.3) is 0 Å². The average Bonchev–Trinajstić information content (AvgIpc) is 2.34. The number of hydrogen-bond donors (Lipinski definition) is 2. The number of carbonyl (C=O) groups is 2. The van der Waals surface area contributed by atoms with Gasteiger partial charge in [0, 0.05) is 0 Å². The second-order valence-corrected chi connectivity index (χ2v) is 3.34. The van der Waals surface area contributed by atoms with Crippen LogP contribution in [0, 0.1) is 0 Å². The number of ether oxygens (including phenoxy) is 1. The molecule has 5 heteroatoms. The third kappa shape index (κ3) is 3.79. The van der Waals surface area contributed by atoms with Crippen molar-refractivity contribution in [1.29, 1.82) is 0 Å². The van der Waals surface area contributed by atoms with Gasteiger partial charge in [-0.2, -0.15) is 0 Å². The molecule has 0 fully saturated rings. The fourth-order valence-corrected chi connectivity index (χ4v) is 1.20. The number of carboxylic acids is 2. The summed E-state index contributed by atoms with van der Waals surface area (Å²) in [5.41, 5.74) is -0.212. The molecular formula is C13H12O5. The van der Waals surface area contributed by atoms with E-state index in [-0.39, 0.29) is 0 Å². The Kier molecular flexibility index (Phi) is 4.68. The first-order valence-corrected chi connectivity index (χ1v) is 5.06. The maximum Gasteiger partial charge on any atom is 0.343 e. The standard InChI is InChI=1S/C13H12O5/c1-2-7-18-10-5-3-9(4-6-10)8-11(12(14)15)13(16)17/h2-6,8H,1,7H2,(H,14,15)(H,16,17). The van der Waals surface area contributed by atoms with Gasteiger partial charge in [-0.3, -0.25) is 0 Å². The predicted molar refractivity (Wildman–Crippen MR) is 65.4 cm³/mol. The van der Waals surface area contributed by atoms with Crippen molar-refractivity contribution >= 4 is 18.0 Å². The minimum Gasteiger partial charge on any atom is -0.490 e. The van der Waals surface area contributed by atoms with Gasteiger partial charge in [0.1, 0.15) is 17.9 Å². The van der Waals surface area contributed by atoms with Crippen molar-refractivity contribution in [3.05, 3.63) is 48.1 Å². The Morgan fingerprint density at radius 1 is 1.17 bits per heavy atom. The average molecular weight is 248 g/mol. The molecule has 0 aromatic heterocycles. The molecule has 1 aromatic rings. The smallest absolute Gasteiger partial charge is 0.343 e. The molecule has 0 spiro atoms. The highest BCUT2D eigenvalue weighted by Crippen LogP contribution is 2.14. The monoisotopic (exact) mass is 248 g/mol. The molecule has 1 rings (SSSR count). The van der Waals surface area contributed by atoms with Crippen LogP contribution >= 0.6 is 0 Å². The molecule has 2 N–H and O–H groups in total. The Balaban J connectivity index is 2.90. The lowest BCUT2D eigenvalue weighted by Crippen LogP contribution is -2.10. The van der Waals surface area contributed by atoms with Crippen molar-refractivity contribution in [2.75, 3.05) is 6.61 Å². The van der Waals surface area contributed by atoms with Crippen LogP contribution < -0.4 is 4.74 Å². The fraction of sp³-hybridized carbons (Fsp3) is 0.0769. The van der Waals surface area contributed by atoms with Crippen LogP contribution in [-0.4, -0.2) is 28.8 Å². The van der Waals surface area contributed by atoms with Gasteiger partial charge in [-0.1, -0.05) is 24.8 Å². The lowest BCUT2D eigenvalue weighted by Gasteiger charge is -2.03. The molecule has 0 bridgehead atoms. The zero-order valence-electron chi connectivity index (χ0n) is 9.50. The SMILES string of the molecule is C=CCOc1ccc(C=C(C(=O)O)C(=O)O)cc1. The molecule has 0 aliphatic heterocycles. The van der Waals surface area contributed by atoms with Crippen molar-refractivity contribution in [1.82, 2.24) is 0 Å². The van der Waals surface area contributed by atoms with E-state index >= 15 is 0 Å². The van der Waals surface area contributed by atoms with Crippen LogP contribution in [0.4, 0.5) is 0 Å². The van der Waals surface area contributed by atoms with E-state index in [9.17, 15) is 9.59 Å². The maximum atomic E-state index is 10.7. The normalized spacial score (nSPS) is 9.33. The zero-order chi connectivity index (χ0) is 13.5. The van der Waals surface area contributed by atoms with Crippen molar-refractivity contribution < 1.29 is 24.5 Å². The Labute approximate surface area is 104 Å². The molecule has 0 aliphatic carbocycles. The van der Waals surface area contributed by atoms with E-state index in [0.717, 1.165) is 6.08 Å². The molecule has 18 heavy (non-hydrogen) atoms. The quantitative estimate of drug-likeness (QED) is 0.347. The summed E-state index contributed by atoms with van der Waals surface area (Å²) in [6.07, 6.45) is 2.68. The summed E-state index contributed by atoms with van der Waals surface area (Å²) >= 11 is 0. The van der Waals surface area contributed by atoms with E-state index in [1.807, 2.05) is 0 Å². The summed E-state index contributed by atoms with van der Waals surface area (Å²) in [6.45, 7) is 3.87. The Morgan fingerprint density at radius 3 is 2.17 bits per heavy atom. The Hall–Kier alpha value is -2.56. The molecule has 0 amide bonds. The highest BCUT2D eigenvalue weighted by molar-refractivity contribution is 6.16.